The van der Waals surface area contributed by atoms with E-state index in [4.69, 9.17) is 9.47 Å². The molecule has 0 aliphatic carbocycles. The minimum absolute atomic E-state index is 0.129. The number of benzene rings is 6. The van der Waals surface area contributed by atoms with Crippen molar-refractivity contribution in [3.05, 3.63) is 181 Å². The maximum absolute atomic E-state index is 12.0. The van der Waals surface area contributed by atoms with Crippen LogP contribution in [0, 0.1) is 0 Å². The zero-order valence-electron chi connectivity index (χ0n) is 71.9. The van der Waals surface area contributed by atoms with Gasteiger partial charge in [0.1, 0.15) is 5.84 Å². The Kier molecular flexibility index (Phi) is 30.1. The Labute approximate surface area is 718 Å². The Hall–Kier alpha value is -11.6. The fourth-order valence-corrected chi connectivity index (χ4v) is 16.8. The topological polar surface area (TPSA) is 331 Å². The van der Waals surface area contributed by atoms with E-state index in [-0.39, 0.29) is 83.7 Å². The number of ether oxygens (including phenoxy) is 2. The van der Waals surface area contributed by atoms with Crippen LogP contribution >= 0.6 is 0 Å². The molecular weight excluding hydrogens is 1570 g/mol. The summed E-state index contributed by atoms with van der Waals surface area (Å²) in [4.78, 5) is 166. The second-order valence-electron chi connectivity index (χ2n) is 32.9. The standard InChI is InChI=1S/C17H23N3O3.C17H23N3O2.C16H21N3O3.C16H21N3O2.C14H15N3O2.C12H12N2O2/c1-19-16(21)12-13-11-14(3-4-15(13)17(19)22)18-5-2-6-20-7-9-23-10-8-20;1-19-16(21)12-13-11-14(5-6-15(13)17(19)22)18-7-10-20-8-3-2-4-9-20;1-18-15(20)11-12-10-13(2-3-14(12)16(18)21)17-4-5-19-6-8-22-9-7-19;1-18-15(20)11-12-10-13(4-5-14(12)16(18)21)17-6-9-19-7-2-3-8-19;1-16-6-5-15-13(16)9-3-4-11-10(7-9)8-12(18)17(2)14(11)19;1-14-11(15)6-8-5-10-7(2-3-13-10)4-9(8)12(14)16/h3-4,11,18H,2,5-10,12H2,1H3;5-6,11,18H,2-4,7-10,12H2,1H3;2-3,10,17H,4-9,11H2,1H3;4-5,10,17H,2-3,6-9,11H2,1H3;3-4,7H,5-6,8H2,1-2H3;4-5,13H,2-3,6H2,1H3. The number of morpholine rings is 2. The first-order valence-corrected chi connectivity index (χ1v) is 43.0. The molecule has 4 saturated heterocycles. The van der Waals surface area contributed by atoms with Gasteiger partial charge in [-0.25, -0.2) is 0 Å². The summed E-state index contributed by atoms with van der Waals surface area (Å²) in [6.45, 7) is 22.2. The molecule has 0 saturated carbocycles. The third-order valence-electron chi connectivity index (χ3n) is 24.5. The van der Waals surface area contributed by atoms with E-state index in [9.17, 15) is 57.5 Å². The Morgan fingerprint density at radius 2 is 0.642 bits per heavy atom. The molecule has 31 heteroatoms. The molecule has 31 nitrogen and oxygen atoms in total. The van der Waals surface area contributed by atoms with Crippen LogP contribution in [0.4, 0.5) is 28.4 Å². The maximum atomic E-state index is 12.0. The second kappa shape index (κ2) is 41.5. The summed E-state index contributed by atoms with van der Waals surface area (Å²) in [5.41, 5.74) is 15.9. The van der Waals surface area contributed by atoms with Gasteiger partial charge in [0.2, 0.25) is 35.4 Å². The SMILES string of the molecule is CN1C(=O)Cc2cc(NCCCN3CCOCC3)ccc2C1=O.CN1C(=O)Cc2cc(NCCN3CCCC3)ccc2C1=O.CN1C(=O)Cc2cc(NCCN3CCCCC3)ccc2C1=O.CN1C(=O)Cc2cc(NCCN3CCOCC3)ccc2C1=O.CN1C(=O)Cc2cc3c(cc2C1=O)CCN3.CN1CCN=C1c1ccc2c(c1)CC(=O)N(C)C2=O. The molecule has 18 rings (SSSR count). The average Bonchev–Trinajstić information content (AvgIpc) is 1.78. The molecule has 12 heterocycles. The lowest BCUT2D eigenvalue weighted by Crippen LogP contribution is -2.39. The minimum atomic E-state index is -0.223. The van der Waals surface area contributed by atoms with E-state index in [1.54, 1.807) is 26.2 Å². The molecule has 6 aromatic carbocycles. The number of likely N-dealkylation sites (tertiary alicyclic amines) is 2. The largest absolute Gasteiger partial charge is 0.385 e. The van der Waals surface area contributed by atoms with E-state index in [0.29, 0.717) is 59.1 Å². The zero-order valence-corrected chi connectivity index (χ0v) is 71.9. The molecule has 12 aliphatic rings. The average molecular weight is 1680 g/mol. The van der Waals surface area contributed by atoms with Crippen LogP contribution in [0.3, 0.4) is 0 Å². The fraction of sp³-hybridized carbons (Fsp3) is 0.467. The van der Waals surface area contributed by atoms with Crippen LogP contribution in [0.1, 0.15) is 145 Å². The summed E-state index contributed by atoms with van der Waals surface area (Å²) in [6, 6.07) is 32.1. The second-order valence-corrected chi connectivity index (χ2v) is 32.9. The van der Waals surface area contributed by atoms with Crippen molar-refractivity contribution in [1.29, 1.82) is 0 Å². The monoisotopic (exact) mass is 1680 g/mol. The highest BCUT2D eigenvalue weighted by Crippen LogP contribution is 2.32. The van der Waals surface area contributed by atoms with Crippen LogP contribution in [-0.2, 0) is 83.2 Å². The van der Waals surface area contributed by atoms with Gasteiger partial charge in [0.15, 0.2) is 0 Å². The molecule has 5 N–H and O–H groups in total. The van der Waals surface area contributed by atoms with Gasteiger partial charge in [-0.05, 0) is 207 Å². The molecule has 652 valence electrons. The van der Waals surface area contributed by atoms with E-state index in [1.807, 2.05) is 98.0 Å². The molecule has 0 unspecified atom stereocenters. The number of rotatable bonds is 18. The molecule has 123 heavy (non-hydrogen) atoms. The van der Waals surface area contributed by atoms with Crippen molar-refractivity contribution in [3.8, 4) is 0 Å². The van der Waals surface area contributed by atoms with E-state index < -0.39 is 0 Å². The summed E-state index contributed by atoms with van der Waals surface area (Å²) in [7, 11) is 11.2. The Morgan fingerprint density at radius 1 is 0.325 bits per heavy atom. The number of nitrogens with one attached hydrogen (secondary N) is 5. The molecule has 12 aliphatic heterocycles. The van der Waals surface area contributed by atoms with Crippen LogP contribution in [0.15, 0.2) is 108 Å². The molecule has 0 spiro atoms. The van der Waals surface area contributed by atoms with Crippen LogP contribution in [0.5, 0.6) is 0 Å². The number of amidine groups is 1. The van der Waals surface area contributed by atoms with Gasteiger partial charge < -0.3 is 50.8 Å². The summed E-state index contributed by atoms with van der Waals surface area (Å²) < 4.78 is 10.7. The Bertz CT molecular complexity index is 4920. The predicted octanol–water partition coefficient (Wildman–Crippen LogP) is 5.99. The van der Waals surface area contributed by atoms with Crippen LogP contribution in [0.2, 0.25) is 0 Å². The van der Waals surface area contributed by atoms with Crippen LogP contribution in [0.25, 0.3) is 0 Å². The highest BCUT2D eigenvalue weighted by atomic mass is 16.5. The first kappa shape index (κ1) is 89.2. The van der Waals surface area contributed by atoms with E-state index in [0.717, 1.165) is 211 Å². The Balaban J connectivity index is 0.000000127. The lowest BCUT2D eigenvalue weighted by Gasteiger charge is -2.27. The first-order chi connectivity index (χ1) is 59.3. The number of piperidine rings is 1. The van der Waals surface area contributed by atoms with Crippen molar-refractivity contribution in [1.82, 2.24) is 53.9 Å². The number of anilines is 5. The third-order valence-corrected chi connectivity index (χ3v) is 24.5. The molecule has 0 atom stereocenters. The number of likely N-dealkylation sites (N-methyl/N-ethyl adjacent to an activating group) is 7. The van der Waals surface area contributed by atoms with Gasteiger partial charge in [-0.2, -0.15) is 0 Å². The summed E-state index contributed by atoms with van der Waals surface area (Å²) in [6.07, 6.45) is 10.4. The van der Waals surface area contributed by atoms with Crippen molar-refractivity contribution in [3.63, 3.8) is 0 Å². The number of fused-ring (bicyclic) bond motifs is 7. The number of amides is 12. The number of carbonyl (C=O) groups excluding carboxylic acids is 12. The third kappa shape index (κ3) is 22.3. The number of hydrogen-bond donors (Lipinski definition) is 5. The zero-order chi connectivity index (χ0) is 87.0. The summed E-state index contributed by atoms with van der Waals surface area (Å²) >= 11 is 0. The molecule has 0 bridgehead atoms. The molecule has 4 fully saturated rings. The van der Waals surface area contributed by atoms with Crippen molar-refractivity contribution in [2.75, 3.05) is 227 Å². The number of imide groups is 6. The normalized spacial score (nSPS) is 18.9. The van der Waals surface area contributed by atoms with Crippen molar-refractivity contribution in [2.45, 2.75) is 83.5 Å². The lowest BCUT2D eigenvalue weighted by atomic mass is 9.95. The van der Waals surface area contributed by atoms with Crippen LogP contribution < -0.4 is 26.6 Å². The van der Waals surface area contributed by atoms with Gasteiger partial charge in [-0.1, -0.05) is 12.5 Å². The van der Waals surface area contributed by atoms with Crippen molar-refractivity contribution >= 4 is 105 Å². The van der Waals surface area contributed by atoms with Crippen molar-refractivity contribution < 1.29 is 67.0 Å². The van der Waals surface area contributed by atoms with E-state index in [1.165, 1.54) is 121 Å². The molecule has 12 amide bonds. The number of nitrogens with zero attached hydrogens (tertiary/aromatic N) is 12. The number of carbonyl (C=O) groups is 12. The predicted molar refractivity (Wildman–Crippen MR) is 469 cm³/mol. The van der Waals surface area contributed by atoms with Gasteiger partial charge in [-0.15, -0.1) is 0 Å². The summed E-state index contributed by atoms with van der Waals surface area (Å²) in [5.74, 6) is -1.16. The van der Waals surface area contributed by atoms with Gasteiger partial charge in [0.25, 0.3) is 35.4 Å². The molecule has 0 radical (unpaired) electrons. The fourth-order valence-electron chi connectivity index (χ4n) is 16.8. The van der Waals surface area contributed by atoms with Gasteiger partial charge in [-0.3, -0.25) is 102 Å². The smallest absolute Gasteiger partial charge is 0.260 e. The molecule has 6 aromatic rings. The lowest BCUT2D eigenvalue weighted by molar-refractivity contribution is -0.128. The minimum Gasteiger partial charge on any atom is -0.385 e. The van der Waals surface area contributed by atoms with Crippen LogP contribution in [-0.4, -0.2) is 331 Å². The van der Waals surface area contributed by atoms with E-state index in [2.05, 4.69) is 56.1 Å². The first-order valence-electron chi connectivity index (χ1n) is 43.0. The van der Waals surface area contributed by atoms with Gasteiger partial charge in [0.05, 0.1) is 71.5 Å². The molecule has 0 aromatic heterocycles. The summed E-state index contributed by atoms with van der Waals surface area (Å²) in [5, 5.41) is 16.8. The Morgan fingerprint density at radius 3 is 1.01 bits per heavy atom. The highest BCUT2D eigenvalue weighted by molar-refractivity contribution is 6.14. The van der Waals surface area contributed by atoms with Gasteiger partial charge in [0, 0.05) is 202 Å². The molecular formula is C92H115N17O14. The quantitative estimate of drug-likeness (QED) is 0.0487. The van der Waals surface area contributed by atoms with E-state index >= 15 is 0 Å². The number of hydrogen-bond acceptors (Lipinski definition) is 25. The van der Waals surface area contributed by atoms with Gasteiger partial charge >= 0.3 is 0 Å². The highest BCUT2D eigenvalue weighted by Gasteiger charge is 2.35. The van der Waals surface area contributed by atoms with Crippen molar-refractivity contribution in [2.24, 2.45) is 4.99 Å². The maximum Gasteiger partial charge on any atom is 0.260 e. The number of aliphatic imine (C=N–C) groups is 1.